The van der Waals surface area contributed by atoms with Gasteiger partial charge in [-0.25, -0.2) is 8.42 Å². The molecule has 0 saturated carbocycles. The molecule has 1 amide bonds. The van der Waals surface area contributed by atoms with Gasteiger partial charge >= 0.3 is 0 Å². The molecule has 1 aromatic carbocycles. The predicted molar refractivity (Wildman–Crippen MR) is 108 cm³/mol. The van der Waals surface area contributed by atoms with E-state index in [1.165, 1.54) is 28.3 Å². The molecule has 3 aliphatic heterocycles. The number of anilines is 1. The van der Waals surface area contributed by atoms with Gasteiger partial charge in [-0.3, -0.25) is 4.79 Å². The molecule has 0 aromatic heterocycles. The molecule has 1 spiro atoms. The fraction of sp³-hybridized carbons (Fsp3) is 0.650. The average Bonchev–Trinajstić information content (AvgIpc) is 2.73. The van der Waals surface area contributed by atoms with Crippen LogP contribution < -0.4 is 9.64 Å². The van der Waals surface area contributed by atoms with E-state index >= 15 is 0 Å². The quantitative estimate of drug-likeness (QED) is 0.703. The second-order valence-electron chi connectivity index (χ2n) is 8.39. The van der Waals surface area contributed by atoms with E-state index in [-0.39, 0.29) is 30.5 Å². The van der Waals surface area contributed by atoms with Crippen LogP contribution in [-0.4, -0.2) is 79.5 Å². The van der Waals surface area contributed by atoms with E-state index in [4.69, 9.17) is 9.47 Å². The molecule has 3 heterocycles. The summed E-state index contributed by atoms with van der Waals surface area (Å²) >= 11 is 0. The third-order valence-electron chi connectivity index (χ3n) is 6.37. The third-order valence-corrected chi connectivity index (χ3v) is 8.26. The van der Waals surface area contributed by atoms with Crippen LogP contribution in [0, 0.1) is 0 Å². The Morgan fingerprint density at radius 2 is 1.90 bits per heavy atom. The Hall–Kier alpha value is -1.72. The van der Waals surface area contributed by atoms with Crippen LogP contribution in [0.15, 0.2) is 23.1 Å². The number of fused-ring (bicyclic) bond motifs is 1. The summed E-state index contributed by atoms with van der Waals surface area (Å²) in [6.07, 6.45) is 1.57. The predicted octanol–water partition coefficient (Wildman–Crippen LogP) is 0.489. The standard InChI is InChI=1S/C20H28N2O7S/c1-15(24)22-9-11-28-18-3-2-16(12-17(18)22)30(26,27)21-7-4-20(5-8-21)13-19(25,14-23)6-10-29-20/h2-3,12,23,25H,4-11,13-14H2,1H3. The van der Waals surface area contributed by atoms with Crippen molar-refractivity contribution >= 4 is 21.6 Å². The highest BCUT2D eigenvalue weighted by atomic mass is 32.2. The van der Waals surface area contributed by atoms with Crippen molar-refractivity contribution in [3.63, 3.8) is 0 Å². The number of benzene rings is 1. The Morgan fingerprint density at radius 3 is 2.57 bits per heavy atom. The van der Waals surface area contributed by atoms with Crippen molar-refractivity contribution in [2.45, 2.75) is 48.7 Å². The van der Waals surface area contributed by atoms with E-state index < -0.39 is 21.2 Å². The van der Waals surface area contributed by atoms with Gasteiger partial charge in [0.1, 0.15) is 12.4 Å². The Balaban J connectivity index is 1.53. The Labute approximate surface area is 176 Å². The van der Waals surface area contributed by atoms with Crippen molar-refractivity contribution in [2.24, 2.45) is 0 Å². The lowest BCUT2D eigenvalue weighted by molar-refractivity contribution is -0.185. The van der Waals surface area contributed by atoms with Gasteiger partial charge in [0.25, 0.3) is 0 Å². The largest absolute Gasteiger partial charge is 0.490 e. The summed E-state index contributed by atoms with van der Waals surface area (Å²) < 4.78 is 39.4. The van der Waals surface area contributed by atoms with Gasteiger partial charge in [0.05, 0.1) is 41.5 Å². The number of aliphatic hydroxyl groups is 2. The Kier molecular flexibility index (Phi) is 5.56. The molecule has 1 atom stereocenters. The number of carbonyl (C=O) groups is 1. The van der Waals surface area contributed by atoms with Crippen molar-refractivity contribution < 1.29 is 32.9 Å². The molecule has 9 nitrogen and oxygen atoms in total. The summed E-state index contributed by atoms with van der Waals surface area (Å²) in [6, 6.07) is 4.59. The lowest BCUT2D eigenvalue weighted by atomic mass is 9.77. The molecule has 3 aliphatic rings. The molecular formula is C20H28N2O7S. The molecule has 4 rings (SSSR count). The van der Waals surface area contributed by atoms with Crippen LogP contribution in [0.2, 0.25) is 0 Å². The van der Waals surface area contributed by atoms with Gasteiger partial charge in [0.15, 0.2) is 0 Å². The molecule has 166 valence electrons. The van der Waals surface area contributed by atoms with E-state index in [0.717, 1.165) is 0 Å². The van der Waals surface area contributed by atoms with Gasteiger partial charge in [-0.15, -0.1) is 0 Å². The number of hydrogen-bond acceptors (Lipinski definition) is 7. The molecule has 2 N–H and O–H groups in total. The lowest BCUT2D eigenvalue weighted by Gasteiger charge is -2.48. The first-order chi connectivity index (χ1) is 14.2. The summed E-state index contributed by atoms with van der Waals surface area (Å²) in [5.74, 6) is 0.326. The minimum absolute atomic E-state index is 0.116. The van der Waals surface area contributed by atoms with E-state index in [9.17, 15) is 23.4 Å². The summed E-state index contributed by atoms with van der Waals surface area (Å²) in [6.45, 7) is 2.72. The summed E-state index contributed by atoms with van der Waals surface area (Å²) in [5, 5.41) is 20.0. The second kappa shape index (κ2) is 7.76. The number of aliphatic hydroxyl groups excluding tert-OH is 1. The molecule has 30 heavy (non-hydrogen) atoms. The molecule has 10 heteroatoms. The van der Waals surface area contributed by atoms with Crippen LogP contribution in [0.4, 0.5) is 5.69 Å². The molecule has 0 radical (unpaired) electrons. The highest BCUT2D eigenvalue weighted by Gasteiger charge is 2.47. The highest BCUT2D eigenvalue weighted by molar-refractivity contribution is 7.89. The molecule has 1 aromatic rings. The average molecular weight is 441 g/mol. The number of carbonyl (C=O) groups excluding carboxylic acids is 1. The number of nitrogens with zero attached hydrogens (tertiary/aromatic N) is 2. The molecule has 0 aliphatic carbocycles. The van der Waals surface area contributed by atoms with E-state index in [1.807, 2.05) is 0 Å². The molecule has 2 fully saturated rings. The number of amides is 1. The molecular weight excluding hydrogens is 412 g/mol. The van der Waals surface area contributed by atoms with Crippen LogP contribution >= 0.6 is 0 Å². The maximum Gasteiger partial charge on any atom is 0.243 e. The minimum atomic E-state index is -3.76. The maximum absolute atomic E-state index is 13.3. The first kappa shape index (κ1) is 21.5. The highest BCUT2D eigenvalue weighted by Crippen LogP contribution is 2.41. The van der Waals surface area contributed by atoms with Crippen LogP contribution in [0.3, 0.4) is 0 Å². The third kappa shape index (κ3) is 3.82. The van der Waals surface area contributed by atoms with Gasteiger partial charge in [0, 0.05) is 32.9 Å². The van der Waals surface area contributed by atoms with Crippen LogP contribution in [0.25, 0.3) is 0 Å². The maximum atomic E-state index is 13.3. The van der Waals surface area contributed by atoms with Gasteiger partial charge in [0.2, 0.25) is 15.9 Å². The lowest BCUT2D eigenvalue weighted by Crippen LogP contribution is -2.56. The van der Waals surface area contributed by atoms with E-state index in [2.05, 4.69) is 0 Å². The topological polar surface area (TPSA) is 117 Å². The van der Waals surface area contributed by atoms with E-state index in [1.54, 1.807) is 6.07 Å². The van der Waals surface area contributed by atoms with Crippen molar-refractivity contribution in [3.8, 4) is 5.75 Å². The van der Waals surface area contributed by atoms with Crippen molar-refractivity contribution in [1.29, 1.82) is 0 Å². The van der Waals surface area contributed by atoms with Crippen LogP contribution in [-0.2, 0) is 19.6 Å². The van der Waals surface area contributed by atoms with Gasteiger partial charge in [-0.1, -0.05) is 0 Å². The normalized spacial score (nSPS) is 26.8. The number of ether oxygens (including phenoxy) is 2. The van der Waals surface area contributed by atoms with Gasteiger partial charge < -0.3 is 24.6 Å². The zero-order valence-electron chi connectivity index (χ0n) is 17.0. The van der Waals surface area contributed by atoms with Crippen molar-refractivity contribution in [1.82, 2.24) is 4.31 Å². The van der Waals surface area contributed by atoms with E-state index in [0.29, 0.717) is 56.9 Å². The van der Waals surface area contributed by atoms with Crippen LogP contribution in [0.5, 0.6) is 5.75 Å². The van der Waals surface area contributed by atoms with Crippen molar-refractivity contribution in [3.05, 3.63) is 18.2 Å². The zero-order valence-corrected chi connectivity index (χ0v) is 17.9. The summed E-state index contributed by atoms with van der Waals surface area (Å²) in [7, 11) is -3.76. The molecule has 2 saturated heterocycles. The first-order valence-corrected chi connectivity index (χ1v) is 11.6. The number of rotatable bonds is 3. The number of piperidine rings is 1. The second-order valence-corrected chi connectivity index (χ2v) is 10.3. The Bertz CT molecular complexity index is 927. The smallest absolute Gasteiger partial charge is 0.243 e. The summed E-state index contributed by atoms with van der Waals surface area (Å²) in [4.78, 5) is 13.6. The molecule has 0 bridgehead atoms. The van der Waals surface area contributed by atoms with Gasteiger partial charge in [-0.05, 0) is 31.0 Å². The fourth-order valence-corrected chi connectivity index (χ4v) is 6.08. The van der Waals surface area contributed by atoms with Crippen LogP contribution in [0.1, 0.15) is 32.6 Å². The minimum Gasteiger partial charge on any atom is -0.490 e. The summed E-state index contributed by atoms with van der Waals surface area (Å²) in [5.41, 5.74) is -1.32. The molecule has 1 unspecified atom stereocenters. The van der Waals surface area contributed by atoms with Gasteiger partial charge in [-0.2, -0.15) is 4.31 Å². The first-order valence-electron chi connectivity index (χ1n) is 10.2. The Morgan fingerprint density at radius 1 is 1.17 bits per heavy atom. The monoisotopic (exact) mass is 440 g/mol. The SMILES string of the molecule is CC(=O)N1CCOc2ccc(S(=O)(=O)N3CCC4(CC3)CC(O)(CO)CCO4)cc21. The number of sulfonamides is 1. The van der Waals surface area contributed by atoms with Crippen molar-refractivity contribution in [2.75, 3.05) is 44.4 Å². The fourth-order valence-electron chi connectivity index (χ4n) is 4.62. The zero-order chi connectivity index (χ0) is 21.6. The number of hydrogen-bond donors (Lipinski definition) is 2.